The molecule has 1 N–H and O–H groups in total. The van der Waals surface area contributed by atoms with Crippen molar-refractivity contribution in [2.24, 2.45) is 5.92 Å². The van der Waals surface area contributed by atoms with Gasteiger partial charge in [-0.2, -0.15) is 0 Å². The number of para-hydroxylation sites is 1. The number of rotatable bonds is 3. The molecule has 3 heterocycles. The molecule has 0 bridgehead atoms. The van der Waals surface area contributed by atoms with Crippen LogP contribution in [0.4, 0.5) is 10.2 Å². The number of esters is 1. The number of carbonyl (C=O) groups is 2. The Labute approximate surface area is 171 Å². The van der Waals surface area contributed by atoms with Gasteiger partial charge in [-0.3, -0.25) is 9.78 Å². The van der Waals surface area contributed by atoms with Gasteiger partial charge in [-0.1, -0.05) is 12.1 Å². The lowest BCUT2D eigenvalue weighted by atomic mass is 9.75. The number of hydrogen-bond acceptors (Lipinski definition) is 5. The summed E-state index contributed by atoms with van der Waals surface area (Å²) in [5, 5.41) is 7.07. The summed E-state index contributed by atoms with van der Waals surface area (Å²) in [6.07, 6.45) is 7.15. The molecule has 1 spiro atoms. The highest BCUT2D eigenvalue weighted by molar-refractivity contribution is 5.95. The molecule has 152 valence electrons. The SMILES string of the molecule is O=C1OC2(CCC(C(=O)Nc3ccn(-c4ccccc4F)n3)CC2)c2ccncc21. The van der Waals surface area contributed by atoms with Crippen LogP contribution in [0.25, 0.3) is 5.69 Å². The Balaban J connectivity index is 1.25. The maximum Gasteiger partial charge on any atom is 0.341 e. The molecule has 1 aliphatic carbocycles. The minimum Gasteiger partial charge on any atom is -0.451 e. The minimum atomic E-state index is -0.654. The molecule has 30 heavy (non-hydrogen) atoms. The van der Waals surface area contributed by atoms with Gasteiger partial charge in [0.2, 0.25) is 5.91 Å². The van der Waals surface area contributed by atoms with Crippen LogP contribution in [0.5, 0.6) is 0 Å². The first-order valence-corrected chi connectivity index (χ1v) is 9.85. The van der Waals surface area contributed by atoms with Crippen LogP contribution >= 0.6 is 0 Å². The fourth-order valence-corrected chi connectivity index (χ4v) is 4.35. The summed E-state index contributed by atoms with van der Waals surface area (Å²) in [5.41, 5.74) is 1.04. The lowest BCUT2D eigenvalue weighted by molar-refractivity contribution is -0.122. The van der Waals surface area contributed by atoms with Crippen LogP contribution in [0.2, 0.25) is 0 Å². The number of carbonyl (C=O) groups excluding carboxylic acids is 2. The maximum absolute atomic E-state index is 13.9. The van der Waals surface area contributed by atoms with Gasteiger partial charge >= 0.3 is 5.97 Å². The molecule has 2 aromatic heterocycles. The second-order valence-corrected chi connectivity index (χ2v) is 7.67. The second-order valence-electron chi connectivity index (χ2n) is 7.67. The van der Waals surface area contributed by atoms with E-state index in [-0.39, 0.29) is 17.8 Å². The monoisotopic (exact) mass is 406 g/mol. The normalized spacial score (nSPS) is 22.6. The van der Waals surface area contributed by atoms with Crippen molar-refractivity contribution >= 4 is 17.7 Å². The largest absolute Gasteiger partial charge is 0.451 e. The van der Waals surface area contributed by atoms with E-state index in [1.54, 1.807) is 36.7 Å². The molecule has 1 fully saturated rings. The quantitative estimate of drug-likeness (QED) is 0.672. The van der Waals surface area contributed by atoms with E-state index < -0.39 is 11.4 Å². The van der Waals surface area contributed by atoms with Gasteiger partial charge in [0.1, 0.15) is 17.1 Å². The molecule has 5 rings (SSSR count). The van der Waals surface area contributed by atoms with E-state index in [0.717, 1.165) is 5.56 Å². The van der Waals surface area contributed by atoms with Crippen LogP contribution in [0.3, 0.4) is 0 Å². The molecular formula is C22H19FN4O3. The van der Waals surface area contributed by atoms with Gasteiger partial charge in [-0.25, -0.2) is 13.9 Å². The molecule has 1 amide bonds. The molecule has 1 saturated carbocycles. The number of anilines is 1. The third-order valence-corrected chi connectivity index (χ3v) is 5.92. The number of ether oxygens (including phenoxy) is 1. The van der Waals surface area contributed by atoms with Gasteiger partial charge in [-0.15, -0.1) is 5.10 Å². The van der Waals surface area contributed by atoms with E-state index in [0.29, 0.717) is 42.8 Å². The Hall–Kier alpha value is -3.55. The standard InChI is InChI=1S/C22H19FN4O3/c23-17-3-1-2-4-18(17)27-12-8-19(26-27)25-20(28)14-5-9-22(10-6-14)16-7-11-24-13-15(16)21(29)30-22/h1-4,7-8,11-14H,5-6,9-10H2,(H,25,26,28). The minimum absolute atomic E-state index is 0.136. The van der Waals surface area contributed by atoms with E-state index in [2.05, 4.69) is 15.4 Å². The van der Waals surface area contributed by atoms with Gasteiger partial charge < -0.3 is 10.1 Å². The number of aromatic nitrogens is 3. The maximum atomic E-state index is 13.9. The van der Waals surface area contributed by atoms with Crippen molar-refractivity contribution in [2.45, 2.75) is 31.3 Å². The number of hydrogen-bond donors (Lipinski definition) is 1. The number of halogens is 1. The summed E-state index contributed by atoms with van der Waals surface area (Å²) in [4.78, 5) is 28.9. The van der Waals surface area contributed by atoms with Crippen molar-refractivity contribution in [1.29, 1.82) is 0 Å². The zero-order valence-corrected chi connectivity index (χ0v) is 16.0. The van der Waals surface area contributed by atoms with Crippen molar-refractivity contribution in [1.82, 2.24) is 14.8 Å². The lowest BCUT2D eigenvalue weighted by Crippen LogP contribution is -2.36. The highest BCUT2D eigenvalue weighted by Crippen LogP contribution is 2.47. The summed E-state index contributed by atoms with van der Waals surface area (Å²) in [5.74, 6) is -0.716. The third-order valence-electron chi connectivity index (χ3n) is 5.92. The smallest absolute Gasteiger partial charge is 0.341 e. The van der Waals surface area contributed by atoms with E-state index in [1.807, 2.05) is 6.07 Å². The summed E-state index contributed by atoms with van der Waals surface area (Å²) in [6.45, 7) is 0. The van der Waals surface area contributed by atoms with Crippen LogP contribution in [-0.2, 0) is 15.1 Å². The topological polar surface area (TPSA) is 86.1 Å². The zero-order chi connectivity index (χ0) is 20.7. The predicted octanol–water partition coefficient (Wildman–Crippen LogP) is 3.60. The van der Waals surface area contributed by atoms with Crippen molar-refractivity contribution in [3.63, 3.8) is 0 Å². The van der Waals surface area contributed by atoms with Crippen LogP contribution < -0.4 is 5.32 Å². The summed E-state index contributed by atoms with van der Waals surface area (Å²) < 4.78 is 21.0. The van der Waals surface area contributed by atoms with Crippen molar-refractivity contribution < 1.29 is 18.7 Å². The molecule has 0 unspecified atom stereocenters. The first kappa shape index (κ1) is 18.5. The Morgan fingerprint density at radius 2 is 2.00 bits per heavy atom. The molecule has 0 atom stereocenters. The van der Waals surface area contributed by atoms with Gasteiger partial charge in [0.05, 0.1) is 5.56 Å². The number of benzene rings is 1. The van der Waals surface area contributed by atoms with Gasteiger partial charge in [0, 0.05) is 36.1 Å². The predicted molar refractivity (Wildman–Crippen MR) is 105 cm³/mol. The average Bonchev–Trinajstić information content (AvgIpc) is 3.32. The molecular weight excluding hydrogens is 387 g/mol. The van der Waals surface area contributed by atoms with E-state index in [1.165, 1.54) is 16.9 Å². The molecule has 0 radical (unpaired) electrons. The van der Waals surface area contributed by atoms with Crippen molar-refractivity contribution in [3.05, 3.63) is 71.9 Å². The Morgan fingerprint density at radius 1 is 1.20 bits per heavy atom. The highest BCUT2D eigenvalue weighted by atomic mass is 19.1. The molecule has 1 aromatic carbocycles. The van der Waals surface area contributed by atoms with Crippen molar-refractivity contribution in [2.75, 3.05) is 5.32 Å². The van der Waals surface area contributed by atoms with E-state index >= 15 is 0 Å². The number of nitrogens with one attached hydrogen (secondary N) is 1. The average molecular weight is 406 g/mol. The van der Waals surface area contributed by atoms with Crippen molar-refractivity contribution in [3.8, 4) is 5.69 Å². The molecule has 1 aliphatic heterocycles. The van der Waals surface area contributed by atoms with Crippen LogP contribution in [0.15, 0.2) is 55.0 Å². The lowest BCUT2D eigenvalue weighted by Gasteiger charge is -2.35. The molecule has 7 nitrogen and oxygen atoms in total. The number of nitrogens with zero attached hydrogens (tertiary/aromatic N) is 3. The highest BCUT2D eigenvalue weighted by Gasteiger charge is 2.48. The van der Waals surface area contributed by atoms with E-state index in [4.69, 9.17) is 4.74 Å². The Bertz CT molecular complexity index is 1130. The fourth-order valence-electron chi connectivity index (χ4n) is 4.35. The number of fused-ring (bicyclic) bond motifs is 2. The Kier molecular flexibility index (Phi) is 4.34. The summed E-state index contributed by atoms with van der Waals surface area (Å²) in [6, 6.07) is 9.77. The fraction of sp³-hybridized carbons (Fsp3) is 0.273. The molecule has 0 saturated heterocycles. The molecule has 2 aliphatic rings. The van der Waals surface area contributed by atoms with Gasteiger partial charge in [-0.05, 0) is 43.9 Å². The molecule has 8 heteroatoms. The Morgan fingerprint density at radius 3 is 2.80 bits per heavy atom. The van der Waals surface area contributed by atoms with Gasteiger partial charge in [0.25, 0.3) is 0 Å². The van der Waals surface area contributed by atoms with Gasteiger partial charge in [0.15, 0.2) is 5.82 Å². The first-order chi connectivity index (χ1) is 14.6. The van der Waals surface area contributed by atoms with Crippen LogP contribution in [0.1, 0.15) is 41.6 Å². The van der Waals surface area contributed by atoms with Crippen LogP contribution in [0, 0.1) is 11.7 Å². The summed E-state index contributed by atoms with van der Waals surface area (Å²) in [7, 11) is 0. The van der Waals surface area contributed by atoms with Crippen LogP contribution in [-0.4, -0.2) is 26.6 Å². The van der Waals surface area contributed by atoms with E-state index in [9.17, 15) is 14.0 Å². The summed E-state index contributed by atoms with van der Waals surface area (Å²) >= 11 is 0. The number of amides is 1. The zero-order valence-electron chi connectivity index (χ0n) is 16.0. The first-order valence-electron chi connectivity index (χ1n) is 9.85. The number of pyridine rings is 1. The molecule has 3 aromatic rings. The third kappa shape index (κ3) is 3.04. The second kappa shape index (κ2) is 7.05.